The lowest BCUT2D eigenvalue weighted by atomic mass is 9.92. The smallest absolute Gasteiger partial charge is 0.0996 e. The van der Waals surface area contributed by atoms with E-state index in [1.807, 2.05) is 0 Å². The monoisotopic (exact) mass is 228 g/mol. The lowest BCUT2D eigenvalue weighted by Gasteiger charge is -2.34. The molecule has 0 N–H and O–H groups in total. The molecule has 2 heterocycles. The third kappa shape index (κ3) is 2.08. The Kier molecular flexibility index (Phi) is 2.46. The Hall–Kier alpha value is -1.31. The summed E-state index contributed by atoms with van der Waals surface area (Å²) in [6, 6.07) is 10.9. The second kappa shape index (κ2) is 3.86. The normalized spacial score (nSPS) is 26.6. The first-order valence-electron chi connectivity index (χ1n) is 6.47. The summed E-state index contributed by atoms with van der Waals surface area (Å²) in [5.74, 6) is 1.97. The standard InChI is InChI=1S/C15H20N2/c1-15(2)10-16-14-8-13(9-17(14)11-15)12-6-4-3-5-7-12/h3-7,13H,8-11H2,1-2H3. The van der Waals surface area contributed by atoms with Crippen molar-refractivity contribution in [3.63, 3.8) is 0 Å². The van der Waals surface area contributed by atoms with Gasteiger partial charge in [-0.25, -0.2) is 0 Å². The fraction of sp³-hybridized carbons (Fsp3) is 0.533. The van der Waals surface area contributed by atoms with Gasteiger partial charge in [0.2, 0.25) is 0 Å². The molecule has 0 aromatic heterocycles. The molecule has 1 atom stereocenters. The SMILES string of the molecule is CC1(C)CN=C2CC(c3ccccc3)CN2C1. The van der Waals surface area contributed by atoms with Crippen LogP contribution in [0.3, 0.4) is 0 Å². The van der Waals surface area contributed by atoms with Crippen molar-refractivity contribution >= 4 is 5.84 Å². The number of hydrogen-bond acceptors (Lipinski definition) is 2. The van der Waals surface area contributed by atoms with E-state index < -0.39 is 0 Å². The summed E-state index contributed by atoms with van der Waals surface area (Å²) >= 11 is 0. The molecular formula is C15H20N2. The second-order valence-corrected chi connectivity index (χ2v) is 6.09. The minimum Gasteiger partial charge on any atom is -0.359 e. The number of fused-ring (bicyclic) bond motifs is 1. The number of hydrogen-bond donors (Lipinski definition) is 0. The van der Waals surface area contributed by atoms with Crippen LogP contribution in [0.5, 0.6) is 0 Å². The first kappa shape index (κ1) is 10.8. The van der Waals surface area contributed by atoms with E-state index in [0.717, 1.165) is 26.1 Å². The highest BCUT2D eigenvalue weighted by Gasteiger charge is 2.35. The molecule has 2 heteroatoms. The van der Waals surface area contributed by atoms with E-state index in [0.29, 0.717) is 11.3 Å². The number of benzene rings is 1. The molecule has 0 radical (unpaired) electrons. The first-order chi connectivity index (χ1) is 8.14. The molecule has 17 heavy (non-hydrogen) atoms. The van der Waals surface area contributed by atoms with Crippen molar-refractivity contribution in [2.75, 3.05) is 19.6 Å². The summed E-state index contributed by atoms with van der Waals surface area (Å²) in [7, 11) is 0. The van der Waals surface area contributed by atoms with Gasteiger partial charge < -0.3 is 4.90 Å². The van der Waals surface area contributed by atoms with Crippen LogP contribution in [0.25, 0.3) is 0 Å². The van der Waals surface area contributed by atoms with Crippen LogP contribution in [-0.2, 0) is 0 Å². The summed E-state index contributed by atoms with van der Waals surface area (Å²) in [5, 5.41) is 0. The molecule has 0 aliphatic carbocycles. The molecule has 0 amide bonds. The van der Waals surface area contributed by atoms with Crippen LogP contribution in [0.1, 0.15) is 31.7 Å². The zero-order valence-corrected chi connectivity index (χ0v) is 10.7. The third-order valence-corrected chi connectivity index (χ3v) is 3.81. The molecule has 3 rings (SSSR count). The lowest BCUT2D eigenvalue weighted by Crippen LogP contribution is -2.41. The second-order valence-electron chi connectivity index (χ2n) is 6.09. The maximum Gasteiger partial charge on any atom is 0.0996 e. The van der Waals surface area contributed by atoms with Gasteiger partial charge in [-0.2, -0.15) is 0 Å². The lowest BCUT2D eigenvalue weighted by molar-refractivity contribution is 0.250. The van der Waals surface area contributed by atoms with Gasteiger partial charge in [0.1, 0.15) is 0 Å². The molecule has 1 fully saturated rings. The first-order valence-corrected chi connectivity index (χ1v) is 6.47. The van der Waals surface area contributed by atoms with E-state index in [-0.39, 0.29) is 0 Å². The Morgan fingerprint density at radius 1 is 1.24 bits per heavy atom. The van der Waals surface area contributed by atoms with Crippen LogP contribution < -0.4 is 0 Å². The van der Waals surface area contributed by atoms with Gasteiger partial charge in [0.15, 0.2) is 0 Å². The van der Waals surface area contributed by atoms with Crippen molar-refractivity contribution in [1.82, 2.24) is 4.90 Å². The average molecular weight is 228 g/mol. The third-order valence-electron chi connectivity index (χ3n) is 3.81. The van der Waals surface area contributed by atoms with Gasteiger partial charge in [-0.1, -0.05) is 44.2 Å². The zero-order valence-electron chi connectivity index (χ0n) is 10.7. The van der Waals surface area contributed by atoms with Crippen molar-refractivity contribution in [2.45, 2.75) is 26.2 Å². The molecule has 2 aliphatic rings. The minimum atomic E-state index is 0.342. The molecule has 1 unspecified atom stereocenters. The molecule has 1 aromatic rings. The van der Waals surface area contributed by atoms with Crippen LogP contribution >= 0.6 is 0 Å². The molecule has 0 spiro atoms. The predicted octanol–water partition coefficient (Wildman–Crippen LogP) is 2.91. The van der Waals surface area contributed by atoms with Crippen LogP contribution in [0.2, 0.25) is 0 Å². The summed E-state index contributed by atoms with van der Waals surface area (Å²) in [4.78, 5) is 7.25. The van der Waals surface area contributed by atoms with Crippen molar-refractivity contribution in [1.29, 1.82) is 0 Å². The highest BCUT2D eigenvalue weighted by Crippen LogP contribution is 2.34. The van der Waals surface area contributed by atoms with Crippen molar-refractivity contribution in [3.8, 4) is 0 Å². The van der Waals surface area contributed by atoms with Gasteiger partial charge >= 0.3 is 0 Å². The summed E-state index contributed by atoms with van der Waals surface area (Å²) in [6.45, 7) is 7.91. The van der Waals surface area contributed by atoms with E-state index in [4.69, 9.17) is 4.99 Å². The van der Waals surface area contributed by atoms with Gasteiger partial charge in [-0.15, -0.1) is 0 Å². The van der Waals surface area contributed by atoms with Crippen molar-refractivity contribution in [2.24, 2.45) is 10.4 Å². The van der Waals surface area contributed by atoms with Gasteiger partial charge in [0.05, 0.1) is 5.84 Å². The molecule has 0 bridgehead atoms. The molecule has 1 aromatic carbocycles. The maximum absolute atomic E-state index is 4.76. The van der Waals surface area contributed by atoms with E-state index in [9.17, 15) is 0 Å². The van der Waals surface area contributed by atoms with E-state index in [1.165, 1.54) is 11.4 Å². The quantitative estimate of drug-likeness (QED) is 0.721. The fourth-order valence-corrected chi connectivity index (χ4v) is 2.93. The van der Waals surface area contributed by atoms with Crippen LogP contribution in [0, 0.1) is 5.41 Å². The van der Waals surface area contributed by atoms with E-state index >= 15 is 0 Å². The molecule has 90 valence electrons. The van der Waals surface area contributed by atoms with Crippen molar-refractivity contribution in [3.05, 3.63) is 35.9 Å². The Morgan fingerprint density at radius 3 is 2.76 bits per heavy atom. The van der Waals surface area contributed by atoms with E-state index in [1.54, 1.807) is 0 Å². The number of amidine groups is 1. The van der Waals surface area contributed by atoms with Gasteiger partial charge in [0, 0.05) is 37.4 Å². The topological polar surface area (TPSA) is 15.6 Å². The Labute approximate surface area is 103 Å². The average Bonchev–Trinajstić information content (AvgIpc) is 2.71. The highest BCUT2D eigenvalue weighted by molar-refractivity contribution is 5.86. The van der Waals surface area contributed by atoms with Gasteiger partial charge in [0.25, 0.3) is 0 Å². The maximum atomic E-state index is 4.76. The molecular weight excluding hydrogens is 208 g/mol. The van der Waals surface area contributed by atoms with Gasteiger partial charge in [-0.3, -0.25) is 4.99 Å². The number of nitrogens with zero attached hydrogens (tertiary/aromatic N) is 2. The number of aliphatic imine (C=N–C) groups is 1. The van der Waals surface area contributed by atoms with Crippen molar-refractivity contribution < 1.29 is 0 Å². The van der Waals surface area contributed by atoms with Crippen LogP contribution in [0.15, 0.2) is 35.3 Å². The zero-order chi connectivity index (χ0) is 11.9. The molecule has 2 aliphatic heterocycles. The summed E-state index contributed by atoms with van der Waals surface area (Å²) in [5.41, 5.74) is 1.80. The minimum absolute atomic E-state index is 0.342. The Balaban J connectivity index is 1.79. The molecule has 1 saturated heterocycles. The summed E-state index contributed by atoms with van der Waals surface area (Å²) in [6.07, 6.45) is 1.13. The Morgan fingerprint density at radius 2 is 2.00 bits per heavy atom. The van der Waals surface area contributed by atoms with Crippen LogP contribution in [-0.4, -0.2) is 30.4 Å². The van der Waals surface area contributed by atoms with Gasteiger partial charge in [-0.05, 0) is 5.56 Å². The largest absolute Gasteiger partial charge is 0.359 e. The highest BCUT2D eigenvalue weighted by atomic mass is 15.2. The van der Waals surface area contributed by atoms with Crippen LogP contribution in [0.4, 0.5) is 0 Å². The predicted molar refractivity (Wildman–Crippen MR) is 71.5 cm³/mol. The Bertz CT molecular complexity index is 433. The fourth-order valence-electron chi connectivity index (χ4n) is 2.93. The molecule has 0 saturated carbocycles. The summed E-state index contributed by atoms with van der Waals surface area (Å²) < 4.78 is 0. The molecule has 2 nitrogen and oxygen atoms in total. The van der Waals surface area contributed by atoms with E-state index in [2.05, 4.69) is 49.1 Å². The number of rotatable bonds is 1.